The number of benzene rings is 1. The summed E-state index contributed by atoms with van der Waals surface area (Å²) in [6, 6.07) is 8.30. The first-order chi connectivity index (χ1) is 12.4. The molecule has 4 rings (SSSR count). The molecule has 0 radical (unpaired) electrons. The van der Waals surface area contributed by atoms with Gasteiger partial charge in [0.2, 0.25) is 10.0 Å². The van der Waals surface area contributed by atoms with Crippen molar-refractivity contribution in [2.75, 3.05) is 38.0 Å². The maximum Gasteiger partial charge on any atom is 0.244 e. The topological polar surface area (TPSA) is 52.7 Å². The van der Waals surface area contributed by atoms with Crippen LogP contribution < -0.4 is 5.32 Å². The molecule has 5 nitrogen and oxygen atoms in total. The van der Waals surface area contributed by atoms with Crippen LogP contribution in [-0.4, -0.2) is 50.3 Å². The lowest BCUT2D eigenvalue weighted by Gasteiger charge is -2.34. The molecule has 2 aliphatic rings. The van der Waals surface area contributed by atoms with Crippen LogP contribution >= 0.6 is 23.7 Å². The number of para-hydroxylation sites is 1. The molecule has 2 aromatic rings. The Morgan fingerprint density at radius 1 is 1.15 bits per heavy atom. The number of thiophene rings is 1. The summed E-state index contributed by atoms with van der Waals surface area (Å²) in [7, 11) is -3.37. The van der Waals surface area contributed by atoms with E-state index in [2.05, 4.69) is 28.4 Å². The van der Waals surface area contributed by atoms with Crippen molar-refractivity contribution in [2.24, 2.45) is 0 Å². The first-order valence-corrected chi connectivity index (χ1v) is 11.3. The quantitative estimate of drug-likeness (QED) is 0.813. The zero-order valence-electron chi connectivity index (χ0n) is 15.7. The highest BCUT2D eigenvalue weighted by Crippen LogP contribution is 2.30. The highest BCUT2D eigenvalue weighted by molar-refractivity contribution is 7.89. The summed E-state index contributed by atoms with van der Waals surface area (Å²) in [4.78, 5) is 4.77. The molecule has 1 N–H and O–H groups in total. The Bertz CT molecular complexity index is 919. The van der Waals surface area contributed by atoms with Crippen LogP contribution in [0.1, 0.15) is 20.9 Å². The molecule has 0 aliphatic carbocycles. The number of hydrogen-bond donors (Lipinski definition) is 1. The summed E-state index contributed by atoms with van der Waals surface area (Å²) in [6.45, 7) is 8.39. The second-order valence-corrected chi connectivity index (χ2v) is 10.5. The SMILES string of the molecule is Cc1cc(S(=O)(=O)N2CCN(Cc3cccc4c3NCC4)CC2)c(C)s1.Cl. The molecule has 0 saturated carbocycles. The Morgan fingerprint density at radius 3 is 2.56 bits per heavy atom. The molecule has 1 aromatic carbocycles. The minimum absolute atomic E-state index is 0. The van der Waals surface area contributed by atoms with Gasteiger partial charge in [0, 0.05) is 54.7 Å². The lowest BCUT2D eigenvalue weighted by atomic mass is 10.1. The summed E-state index contributed by atoms with van der Waals surface area (Å²) in [5, 5.41) is 3.49. The number of anilines is 1. The zero-order valence-corrected chi connectivity index (χ0v) is 18.1. The Hall–Kier alpha value is -1.12. The fourth-order valence-electron chi connectivity index (χ4n) is 3.91. The highest BCUT2D eigenvalue weighted by Gasteiger charge is 2.30. The summed E-state index contributed by atoms with van der Waals surface area (Å²) < 4.78 is 27.5. The maximum atomic E-state index is 12.9. The van der Waals surface area contributed by atoms with E-state index in [1.54, 1.807) is 21.7 Å². The fraction of sp³-hybridized carbons (Fsp3) is 0.474. The van der Waals surface area contributed by atoms with Crippen molar-refractivity contribution in [3.8, 4) is 0 Å². The smallest absolute Gasteiger partial charge is 0.244 e. The normalized spacial score (nSPS) is 18.0. The predicted molar refractivity (Wildman–Crippen MR) is 114 cm³/mol. The number of hydrogen-bond acceptors (Lipinski definition) is 5. The van der Waals surface area contributed by atoms with Crippen molar-refractivity contribution in [2.45, 2.75) is 31.7 Å². The third-order valence-corrected chi connectivity index (χ3v) is 8.39. The Kier molecular flexibility index (Phi) is 6.17. The van der Waals surface area contributed by atoms with Crippen molar-refractivity contribution >= 4 is 39.5 Å². The van der Waals surface area contributed by atoms with Crippen molar-refractivity contribution in [1.29, 1.82) is 0 Å². The van der Waals surface area contributed by atoms with Crippen LogP contribution in [0.5, 0.6) is 0 Å². The van der Waals surface area contributed by atoms with Crippen LogP contribution in [-0.2, 0) is 23.0 Å². The Labute approximate surface area is 171 Å². The van der Waals surface area contributed by atoms with Gasteiger partial charge in [0.25, 0.3) is 0 Å². The monoisotopic (exact) mass is 427 g/mol. The molecule has 0 unspecified atom stereocenters. The minimum Gasteiger partial charge on any atom is -0.384 e. The number of piperazine rings is 1. The van der Waals surface area contributed by atoms with Gasteiger partial charge in [-0.3, -0.25) is 4.90 Å². The van der Waals surface area contributed by atoms with Gasteiger partial charge in [-0.1, -0.05) is 18.2 Å². The highest BCUT2D eigenvalue weighted by atomic mass is 35.5. The molecule has 27 heavy (non-hydrogen) atoms. The molecular weight excluding hydrogens is 402 g/mol. The molecular formula is C19H26ClN3O2S2. The number of halogens is 1. The van der Waals surface area contributed by atoms with Crippen LogP contribution in [0.4, 0.5) is 5.69 Å². The first kappa shape index (κ1) is 20.6. The molecule has 1 fully saturated rings. The van der Waals surface area contributed by atoms with E-state index in [0.29, 0.717) is 18.0 Å². The standard InChI is InChI=1S/C19H25N3O2S2.ClH/c1-14-12-18(15(2)25-14)26(23,24)22-10-8-21(9-11-22)13-17-5-3-4-16-6-7-20-19(16)17;/h3-5,12,20H,6-11,13H2,1-2H3;1H. The molecule has 148 valence electrons. The van der Waals surface area contributed by atoms with E-state index in [0.717, 1.165) is 42.4 Å². The van der Waals surface area contributed by atoms with Gasteiger partial charge < -0.3 is 5.32 Å². The zero-order chi connectivity index (χ0) is 18.3. The van der Waals surface area contributed by atoms with Crippen LogP contribution in [0.2, 0.25) is 0 Å². The molecule has 0 atom stereocenters. The second kappa shape index (κ2) is 8.09. The number of nitrogens with zero attached hydrogens (tertiary/aromatic N) is 2. The average molecular weight is 428 g/mol. The van der Waals surface area contributed by atoms with E-state index in [1.165, 1.54) is 16.8 Å². The van der Waals surface area contributed by atoms with Gasteiger partial charge in [-0.2, -0.15) is 4.31 Å². The fourth-order valence-corrected chi connectivity index (χ4v) is 6.86. The van der Waals surface area contributed by atoms with Gasteiger partial charge in [-0.15, -0.1) is 23.7 Å². The molecule has 1 aromatic heterocycles. The molecule has 0 bridgehead atoms. The van der Waals surface area contributed by atoms with Crippen LogP contribution in [0, 0.1) is 13.8 Å². The largest absolute Gasteiger partial charge is 0.384 e. The summed E-state index contributed by atoms with van der Waals surface area (Å²) >= 11 is 1.55. The average Bonchev–Trinajstić information content (AvgIpc) is 3.22. The third-order valence-electron chi connectivity index (χ3n) is 5.27. The molecule has 1 saturated heterocycles. The molecule has 0 amide bonds. The van der Waals surface area contributed by atoms with E-state index in [1.807, 2.05) is 13.8 Å². The molecule has 0 spiro atoms. The first-order valence-electron chi connectivity index (χ1n) is 9.09. The summed E-state index contributed by atoms with van der Waals surface area (Å²) in [6.07, 6.45) is 1.09. The van der Waals surface area contributed by atoms with Gasteiger partial charge in [0.1, 0.15) is 0 Å². The number of rotatable bonds is 4. The van der Waals surface area contributed by atoms with Crippen LogP contribution in [0.15, 0.2) is 29.2 Å². The van der Waals surface area contributed by atoms with Crippen LogP contribution in [0.25, 0.3) is 0 Å². The van der Waals surface area contributed by atoms with E-state index in [9.17, 15) is 8.42 Å². The predicted octanol–water partition coefficient (Wildman–Crippen LogP) is 3.26. The van der Waals surface area contributed by atoms with Gasteiger partial charge in [0.15, 0.2) is 0 Å². The molecule has 3 heterocycles. The minimum atomic E-state index is -3.37. The number of nitrogens with one attached hydrogen (secondary N) is 1. The van der Waals surface area contributed by atoms with Crippen molar-refractivity contribution in [3.63, 3.8) is 0 Å². The molecule has 2 aliphatic heterocycles. The maximum absolute atomic E-state index is 12.9. The third kappa shape index (κ3) is 4.03. The van der Waals surface area contributed by atoms with E-state index >= 15 is 0 Å². The summed E-state index contributed by atoms with van der Waals surface area (Å²) in [5.74, 6) is 0. The lowest BCUT2D eigenvalue weighted by molar-refractivity contribution is 0.182. The van der Waals surface area contributed by atoms with Gasteiger partial charge in [0.05, 0.1) is 4.90 Å². The van der Waals surface area contributed by atoms with E-state index in [-0.39, 0.29) is 12.4 Å². The van der Waals surface area contributed by atoms with E-state index < -0.39 is 10.0 Å². The van der Waals surface area contributed by atoms with Crippen LogP contribution in [0.3, 0.4) is 0 Å². The second-order valence-electron chi connectivity index (χ2n) is 7.09. The van der Waals surface area contributed by atoms with Gasteiger partial charge >= 0.3 is 0 Å². The Morgan fingerprint density at radius 2 is 1.89 bits per heavy atom. The van der Waals surface area contributed by atoms with E-state index in [4.69, 9.17) is 0 Å². The number of aryl methyl sites for hydroxylation is 2. The van der Waals surface area contributed by atoms with Gasteiger partial charge in [-0.05, 0) is 37.5 Å². The van der Waals surface area contributed by atoms with Gasteiger partial charge in [-0.25, -0.2) is 8.42 Å². The Balaban J connectivity index is 0.00000210. The van der Waals surface area contributed by atoms with Crippen molar-refractivity contribution < 1.29 is 8.42 Å². The molecule has 8 heteroatoms. The number of sulfonamides is 1. The van der Waals surface area contributed by atoms with Crippen molar-refractivity contribution in [1.82, 2.24) is 9.21 Å². The lowest BCUT2D eigenvalue weighted by Crippen LogP contribution is -2.48. The number of fused-ring (bicyclic) bond motifs is 1. The van der Waals surface area contributed by atoms with Crippen molar-refractivity contribution in [3.05, 3.63) is 45.1 Å². The summed E-state index contributed by atoms with van der Waals surface area (Å²) in [5.41, 5.74) is 4.00.